The number of hydrogen-bond acceptors (Lipinski definition) is 6. The van der Waals surface area contributed by atoms with Gasteiger partial charge in [0, 0.05) is 45.7 Å². The van der Waals surface area contributed by atoms with E-state index in [2.05, 4.69) is 4.90 Å². The molecule has 0 aromatic heterocycles. The van der Waals surface area contributed by atoms with Crippen LogP contribution in [-0.4, -0.2) is 86.8 Å². The first-order valence-electron chi connectivity index (χ1n) is 10.2. The molecular formula is C20H29N3O5S. The molecule has 2 aliphatic rings. The second kappa shape index (κ2) is 9.69. The minimum atomic E-state index is -3.58. The average molecular weight is 424 g/mol. The number of amides is 1. The molecule has 2 heterocycles. The van der Waals surface area contributed by atoms with Gasteiger partial charge in [0.15, 0.2) is 0 Å². The number of likely N-dealkylation sites (tertiary alicyclic amines) is 1. The van der Waals surface area contributed by atoms with E-state index in [9.17, 15) is 18.0 Å². The zero-order valence-electron chi connectivity index (χ0n) is 16.9. The molecule has 1 aromatic rings. The van der Waals surface area contributed by atoms with Gasteiger partial charge in [-0.3, -0.25) is 4.79 Å². The van der Waals surface area contributed by atoms with Gasteiger partial charge in [0.05, 0.1) is 17.1 Å². The van der Waals surface area contributed by atoms with Crippen molar-refractivity contribution >= 4 is 21.9 Å². The van der Waals surface area contributed by atoms with Crippen LogP contribution < -0.4 is 0 Å². The van der Waals surface area contributed by atoms with Gasteiger partial charge in [0.2, 0.25) is 15.9 Å². The lowest BCUT2D eigenvalue weighted by Crippen LogP contribution is -2.49. The summed E-state index contributed by atoms with van der Waals surface area (Å²) >= 11 is 0. The first-order valence-corrected chi connectivity index (χ1v) is 11.6. The van der Waals surface area contributed by atoms with Gasteiger partial charge in [-0.1, -0.05) is 0 Å². The number of piperazine rings is 1. The van der Waals surface area contributed by atoms with Crippen molar-refractivity contribution in [3.63, 3.8) is 0 Å². The Bertz CT molecular complexity index is 817. The fourth-order valence-electron chi connectivity index (χ4n) is 3.75. The maximum Gasteiger partial charge on any atom is 0.338 e. The topological polar surface area (TPSA) is 87.2 Å². The van der Waals surface area contributed by atoms with E-state index in [0.717, 1.165) is 32.5 Å². The number of rotatable bonds is 8. The van der Waals surface area contributed by atoms with E-state index in [1.165, 1.54) is 28.6 Å². The summed E-state index contributed by atoms with van der Waals surface area (Å²) in [5.41, 5.74) is 0.340. The number of sulfonamides is 1. The number of nitrogens with zero attached hydrogens (tertiary/aromatic N) is 3. The first-order chi connectivity index (χ1) is 13.9. The van der Waals surface area contributed by atoms with Gasteiger partial charge in [0.25, 0.3) is 0 Å². The maximum atomic E-state index is 12.9. The Morgan fingerprint density at radius 3 is 2.31 bits per heavy atom. The largest absolute Gasteiger partial charge is 0.462 e. The highest BCUT2D eigenvalue weighted by Gasteiger charge is 2.28. The second-order valence-electron chi connectivity index (χ2n) is 7.33. The Labute approximate surface area is 172 Å². The van der Waals surface area contributed by atoms with Crippen molar-refractivity contribution in [1.29, 1.82) is 0 Å². The minimum absolute atomic E-state index is 0.187. The molecule has 0 bridgehead atoms. The molecule has 8 nitrogen and oxygen atoms in total. The van der Waals surface area contributed by atoms with Crippen molar-refractivity contribution in [3.8, 4) is 0 Å². The van der Waals surface area contributed by atoms with Gasteiger partial charge in [-0.05, 0) is 50.6 Å². The summed E-state index contributed by atoms with van der Waals surface area (Å²) in [6, 6.07) is 5.89. The Morgan fingerprint density at radius 1 is 1.03 bits per heavy atom. The van der Waals surface area contributed by atoms with E-state index < -0.39 is 16.0 Å². The van der Waals surface area contributed by atoms with Crippen molar-refractivity contribution in [2.75, 3.05) is 52.4 Å². The molecule has 0 saturated carbocycles. The maximum absolute atomic E-state index is 12.9. The molecule has 9 heteroatoms. The fraction of sp³-hybridized carbons (Fsp3) is 0.600. The van der Waals surface area contributed by atoms with Gasteiger partial charge in [-0.2, -0.15) is 4.31 Å². The predicted molar refractivity (Wildman–Crippen MR) is 108 cm³/mol. The Morgan fingerprint density at radius 2 is 1.72 bits per heavy atom. The van der Waals surface area contributed by atoms with Crippen molar-refractivity contribution < 1.29 is 22.7 Å². The molecule has 0 radical (unpaired) electrons. The summed E-state index contributed by atoms with van der Waals surface area (Å²) < 4.78 is 32.2. The summed E-state index contributed by atoms with van der Waals surface area (Å²) in [6.45, 7) is 6.73. The van der Waals surface area contributed by atoms with Crippen LogP contribution in [0.4, 0.5) is 0 Å². The van der Waals surface area contributed by atoms with Crippen LogP contribution in [0, 0.1) is 0 Å². The number of benzene rings is 1. The molecule has 0 unspecified atom stereocenters. The van der Waals surface area contributed by atoms with Gasteiger partial charge >= 0.3 is 5.97 Å². The molecule has 1 amide bonds. The zero-order chi connectivity index (χ0) is 20.9. The summed E-state index contributed by atoms with van der Waals surface area (Å²) in [6.07, 6.45) is 2.53. The van der Waals surface area contributed by atoms with E-state index in [1.54, 1.807) is 6.92 Å². The zero-order valence-corrected chi connectivity index (χ0v) is 17.7. The van der Waals surface area contributed by atoms with Crippen molar-refractivity contribution in [3.05, 3.63) is 29.8 Å². The summed E-state index contributed by atoms with van der Waals surface area (Å²) in [5.74, 6) is -0.212. The van der Waals surface area contributed by atoms with Gasteiger partial charge in [-0.15, -0.1) is 0 Å². The van der Waals surface area contributed by atoms with E-state index >= 15 is 0 Å². The number of hydrogen-bond donors (Lipinski definition) is 0. The van der Waals surface area contributed by atoms with E-state index in [4.69, 9.17) is 4.74 Å². The third kappa shape index (κ3) is 5.34. The van der Waals surface area contributed by atoms with Gasteiger partial charge in [-0.25, -0.2) is 13.2 Å². The fourth-order valence-corrected chi connectivity index (χ4v) is 5.17. The third-order valence-electron chi connectivity index (χ3n) is 5.41. The van der Waals surface area contributed by atoms with Crippen LogP contribution in [0.2, 0.25) is 0 Å². The molecule has 3 rings (SSSR count). The molecule has 0 N–H and O–H groups in total. The monoisotopic (exact) mass is 423 g/mol. The highest BCUT2D eigenvalue weighted by atomic mass is 32.2. The highest BCUT2D eigenvalue weighted by Crippen LogP contribution is 2.19. The average Bonchev–Trinajstić information content (AvgIpc) is 3.13. The summed E-state index contributed by atoms with van der Waals surface area (Å²) in [4.78, 5) is 27.7. The lowest BCUT2D eigenvalue weighted by molar-refractivity contribution is -0.127. The van der Waals surface area contributed by atoms with Gasteiger partial charge < -0.3 is 14.5 Å². The number of carbonyl (C=O) groups is 2. The molecule has 2 fully saturated rings. The molecule has 2 saturated heterocycles. The summed E-state index contributed by atoms with van der Waals surface area (Å²) in [5, 5.41) is 0. The van der Waals surface area contributed by atoms with E-state index in [-0.39, 0.29) is 17.4 Å². The first kappa shape index (κ1) is 21.7. The van der Waals surface area contributed by atoms with Crippen molar-refractivity contribution in [1.82, 2.24) is 14.1 Å². The number of carbonyl (C=O) groups excluding carboxylic acids is 2. The lowest BCUT2D eigenvalue weighted by atomic mass is 10.2. The SMILES string of the molecule is CCOC(=O)c1ccc(S(=O)(=O)N2CCN(CCCN3CCCC3=O)CC2)cc1. The van der Waals surface area contributed by atoms with Crippen LogP contribution in [0.15, 0.2) is 29.2 Å². The number of ether oxygens (including phenoxy) is 1. The van der Waals surface area contributed by atoms with Gasteiger partial charge in [0.1, 0.15) is 0 Å². The van der Waals surface area contributed by atoms with Crippen LogP contribution in [0.3, 0.4) is 0 Å². The smallest absolute Gasteiger partial charge is 0.338 e. The second-order valence-corrected chi connectivity index (χ2v) is 9.27. The highest BCUT2D eigenvalue weighted by molar-refractivity contribution is 7.89. The molecule has 0 aliphatic carbocycles. The molecule has 2 aliphatic heterocycles. The van der Waals surface area contributed by atoms with Crippen LogP contribution in [0.25, 0.3) is 0 Å². The molecule has 0 spiro atoms. The quantitative estimate of drug-likeness (QED) is 0.584. The predicted octanol–water partition coefficient (Wildman–Crippen LogP) is 1.18. The standard InChI is InChI=1S/C20H29N3O5S/c1-2-28-20(25)17-6-8-18(9-7-17)29(26,27)23-15-13-21(14-16-23)10-4-12-22-11-3-5-19(22)24/h6-9H,2-5,10-16H2,1H3. The van der Waals surface area contributed by atoms with Crippen LogP contribution in [0.1, 0.15) is 36.5 Å². The number of esters is 1. The Hall–Kier alpha value is -1.97. The lowest BCUT2D eigenvalue weighted by Gasteiger charge is -2.34. The molecular weight excluding hydrogens is 394 g/mol. The molecule has 160 valence electrons. The van der Waals surface area contributed by atoms with Crippen LogP contribution >= 0.6 is 0 Å². The third-order valence-corrected chi connectivity index (χ3v) is 7.32. The van der Waals surface area contributed by atoms with E-state index in [1.807, 2.05) is 4.90 Å². The molecule has 1 aromatic carbocycles. The minimum Gasteiger partial charge on any atom is -0.462 e. The molecule has 29 heavy (non-hydrogen) atoms. The normalized spacial score (nSPS) is 18.9. The van der Waals surface area contributed by atoms with Crippen molar-refractivity contribution in [2.24, 2.45) is 0 Å². The Balaban J connectivity index is 1.49. The molecule has 0 atom stereocenters. The van der Waals surface area contributed by atoms with Crippen LogP contribution in [-0.2, 0) is 19.6 Å². The van der Waals surface area contributed by atoms with Crippen molar-refractivity contribution in [2.45, 2.75) is 31.1 Å². The van der Waals surface area contributed by atoms with Crippen LogP contribution in [0.5, 0.6) is 0 Å². The van der Waals surface area contributed by atoms with E-state index in [0.29, 0.717) is 38.2 Å². The summed E-state index contributed by atoms with van der Waals surface area (Å²) in [7, 11) is -3.58. The Kier molecular flexibility index (Phi) is 7.26.